The van der Waals surface area contributed by atoms with E-state index < -0.39 is 18.1 Å². The summed E-state index contributed by atoms with van der Waals surface area (Å²) in [5.41, 5.74) is 1.94. The van der Waals surface area contributed by atoms with E-state index >= 15 is 0 Å². The molecule has 0 saturated carbocycles. The number of rotatable bonds is 5. The van der Waals surface area contributed by atoms with Gasteiger partial charge in [0.25, 0.3) is 5.91 Å². The van der Waals surface area contributed by atoms with Gasteiger partial charge in [0.05, 0.1) is 7.11 Å². The van der Waals surface area contributed by atoms with Crippen LogP contribution >= 0.6 is 0 Å². The Morgan fingerprint density at radius 3 is 2.58 bits per heavy atom. The van der Waals surface area contributed by atoms with Crippen LogP contribution in [0.25, 0.3) is 0 Å². The average Bonchev–Trinajstić information content (AvgIpc) is 3.05. The highest BCUT2D eigenvalue weighted by molar-refractivity contribution is 5.88. The first-order valence-electron chi connectivity index (χ1n) is 7.84. The summed E-state index contributed by atoms with van der Waals surface area (Å²) in [5, 5.41) is 2.75. The van der Waals surface area contributed by atoms with Crippen LogP contribution in [-0.2, 0) is 27.2 Å². The Balaban J connectivity index is 1.67. The molecular weight excluding hydrogens is 306 g/mol. The lowest BCUT2D eigenvalue weighted by Gasteiger charge is -2.19. The zero-order chi connectivity index (χ0) is 16.9. The van der Waals surface area contributed by atoms with E-state index in [2.05, 4.69) is 5.32 Å². The van der Waals surface area contributed by atoms with Crippen molar-refractivity contribution >= 4 is 11.9 Å². The zero-order valence-electron chi connectivity index (χ0n) is 13.4. The van der Waals surface area contributed by atoms with E-state index in [1.54, 1.807) is 0 Å². The van der Waals surface area contributed by atoms with Crippen molar-refractivity contribution in [1.29, 1.82) is 0 Å². The average molecular weight is 325 g/mol. The van der Waals surface area contributed by atoms with E-state index in [0.717, 1.165) is 16.9 Å². The molecule has 2 aromatic carbocycles. The van der Waals surface area contributed by atoms with Crippen molar-refractivity contribution in [3.63, 3.8) is 0 Å². The van der Waals surface area contributed by atoms with Crippen molar-refractivity contribution in [2.24, 2.45) is 0 Å². The highest BCUT2D eigenvalue weighted by atomic mass is 16.5. The van der Waals surface area contributed by atoms with Gasteiger partial charge in [-0.25, -0.2) is 4.79 Å². The summed E-state index contributed by atoms with van der Waals surface area (Å²) in [5.74, 6) is -0.0597. The number of benzene rings is 2. The van der Waals surface area contributed by atoms with Crippen LogP contribution in [0.15, 0.2) is 54.6 Å². The number of para-hydroxylation sites is 1. The number of carbonyl (C=O) groups excluding carboxylic acids is 2. The molecule has 3 rings (SSSR count). The number of amides is 1. The third kappa shape index (κ3) is 3.56. The number of carbonyl (C=O) groups is 2. The predicted molar refractivity (Wildman–Crippen MR) is 88.7 cm³/mol. The van der Waals surface area contributed by atoms with Crippen molar-refractivity contribution in [1.82, 2.24) is 5.32 Å². The predicted octanol–water partition coefficient (Wildman–Crippen LogP) is 1.89. The zero-order valence-corrected chi connectivity index (χ0v) is 13.4. The van der Waals surface area contributed by atoms with Crippen LogP contribution in [0.2, 0.25) is 0 Å². The smallest absolute Gasteiger partial charge is 0.328 e. The maximum absolute atomic E-state index is 12.5. The molecule has 1 N–H and O–H groups in total. The molecule has 2 atom stereocenters. The molecule has 0 bridgehead atoms. The Kier molecular flexibility index (Phi) is 4.79. The van der Waals surface area contributed by atoms with Gasteiger partial charge < -0.3 is 14.8 Å². The van der Waals surface area contributed by atoms with Gasteiger partial charge in [0.15, 0.2) is 6.10 Å². The molecular formula is C19H19NO4. The monoisotopic (exact) mass is 325 g/mol. The minimum Gasteiger partial charge on any atom is -0.480 e. The fourth-order valence-corrected chi connectivity index (χ4v) is 2.78. The Bertz CT molecular complexity index is 704. The van der Waals surface area contributed by atoms with Gasteiger partial charge in [0, 0.05) is 12.8 Å². The molecule has 0 spiro atoms. The number of hydrogen-bond acceptors (Lipinski definition) is 4. The lowest BCUT2D eigenvalue weighted by molar-refractivity contribution is -0.145. The number of hydrogen-bond donors (Lipinski definition) is 1. The lowest BCUT2D eigenvalue weighted by Crippen LogP contribution is -2.48. The molecule has 0 aromatic heterocycles. The van der Waals surface area contributed by atoms with Crippen molar-refractivity contribution < 1.29 is 19.1 Å². The molecule has 0 saturated heterocycles. The van der Waals surface area contributed by atoms with E-state index in [9.17, 15) is 9.59 Å². The summed E-state index contributed by atoms with van der Waals surface area (Å²) in [6, 6.07) is 16.3. The second kappa shape index (κ2) is 7.17. The first-order valence-corrected chi connectivity index (χ1v) is 7.84. The Morgan fingerprint density at radius 1 is 1.17 bits per heavy atom. The Morgan fingerprint density at radius 2 is 1.88 bits per heavy atom. The van der Waals surface area contributed by atoms with Crippen LogP contribution in [0.1, 0.15) is 11.1 Å². The second-order valence-corrected chi connectivity index (χ2v) is 5.69. The summed E-state index contributed by atoms with van der Waals surface area (Å²) < 4.78 is 10.5. The van der Waals surface area contributed by atoms with Gasteiger partial charge in [-0.15, -0.1) is 0 Å². The lowest BCUT2D eigenvalue weighted by atomic mass is 10.0. The summed E-state index contributed by atoms with van der Waals surface area (Å²) in [4.78, 5) is 24.5. The molecule has 1 aliphatic rings. The second-order valence-electron chi connectivity index (χ2n) is 5.69. The van der Waals surface area contributed by atoms with E-state index in [-0.39, 0.29) is 5.91 Å². The van der Waals surface area contributed by atoms with Crippen LogP contribution < -0.4 is 10.1 Å². The van der Waals surface area contributed by atoms with Crippen LogP contribution in [0, 0.1) is 0 Å². The molecule has 0 aliphatic carbocycles. The standard InChI is InChI=1S/C19H19NO4/c1-23-19(22)15(11-13-7-3-2-4-8-13)20-18(21)17-12-14-9-5-6-10-16(14)24-17/h2-10,15,17H,11-12H2,1H3,(H,20,21)/t15-,17?/m0/s1. The number of esters is 1. The van der Waals surface area contributed by atoms with Crippen LogP contribution in [0.5, 0.6) is 5.75 Å². The molecule has 0 fully saturated rings. The number of methoxy groups -OCH3 is 1. The fourth-order valence-electron chi connectivity index (χ4n) is 2.78. The van der Waals surface area contributed by atoms with Gasteiger partial charge in [-0.05, 0) is 17.2 Å². The van der Waals surface area contributed by atoms with Gasteiger partial charge in [-0.2, -0.15) is 0 Å². The van der Waals surface area contributed by atoms with E-state index in [1.165, 1.54) is 7.11 Å². The van der Waals surface area contributed by atoms with Gasteiger partial charge in [0.1, 0.15) is 11.8 Å². The molecule has 0 radical (unpaired) electrons. The summed E-state index contributed by atoms with van der Waals surface area (Å²) in [6.45, 7) is 0. The molecule has 5 heteroatoms. The minimum absolute atomic E-state index is 0.308. The van der Waals surface area contributed by atoms with E-state index in [0.29, 0.717) is 12.8 Å². The topological polar surface area (TPSA) is 64.6 Å². The molecule has 1 amide bonds. The number of fused-ring (bicyclic) bond motifs is 1. The number of nitrogens with one attached hydrogen (secondary N) is 1. The molecule has 1 aliphatic heterocycles. The highest BCUT2D eigenvalue weighted by Crippen LogP contribution is 2.28. The van der Waals surface area contributed by atoms with Gasteiger partial charge >= 0.3 is 5.97 Å². The van der Waals surface area contributed by atoms with Crippen LogP contribution in [0.4, 0.5) is 0 Å². The largest absolute Gasteiger partial charge is 0.480 e. The molecule has 24 heavy (non-hydrogen) atoms. The third-order valence-electron chi connectivity index (χ3n) is 4.02. The van der Waals surface area contributed by atoms with Gasteiger partial charge in [-0.1, -0.05) is 48.5 Å². The molecule has 2 aromatic rings. The molecule has 1 unspecified atom stereocenters. The van der Waals surface area contributed by atoms with Crippen molar-refractivity contribution in [3.05, 3.63) is 65.7 Å². The van der Waals surface area contributed by atoms with Gasteiger partial charge in [-0.3, -0.25) is 4.79 Å². The summed E-state index contributed by atoms with van der Waals surface area (Å²) in [6.07, 6.45) is 0.255. The van der Waals surface area contributed by atoms with Crippen LogP contribution in [-0.4, -0.2) is 31.1 Å². The fraction of sp³-hybridized carbons (Fsp3) is 0.263. The normalized spacial score (nSPS) is 16.6. The van der Waals surface area contributed by atoms with Crippen molar-refractivity contribution in [2.75, 3.05) is 7.11 Å². The maximum atomic E-state index is 12.5. The molecule has 1 heterocycles. The third-order valence-corrected chi connectivity index (χ3v) is 4.02. The molecule has 5 nitrogen and oxygen atoms in total. The molecule has 124 valence electrons. The highest BCUT2D eigenvalue weighted by Gasteiger charge is 2.32. The van der Waals surface area contributed by atoms with Crippen molar-refractivity contribution in [2.45, 2.75) is 25.0 Å². The SMILES string of the molecule is COC(=O)[C@H](Cc1ccccc1)NC(=O)C1Cc2ccccc2O1. The first kappa shape index (κ1) is 16.1. The first-order chi connectivity index (χ1) is 11.7. The van der Waals surface area contributed by atoms with Crippen molar-refractivity contribution in [3.8, 4) is 5.75 Å². The van der Waals surface area contributed by atoms with Crippen LogP contribution in [0.3, 0.4) is 0 Å². The van der Waals surface area contributed by atoms with E-state index in [4.69, 9.17) is 9.47 Å². The maximum Gasteiger partial charge on any atom is 0.328 e. The van der Waals surface area contributed by atoms with E-state index in [1.807, 2.05) is 54.6 Å². The number of ether oxygens (including phenoxy) is 2. The minimum atomic E-state index is -0.739. The van der Waals surface area contributed by atoms with Gasteiger partial charge in [0.2, 0.25) is 0 Å². The Hall–Kier alpha value is -2.82. The summed E-state index contributed by atoms with van der Waals surface area (Å²) in [7, 11) is 1.31. The summed E-state index contributed by atoms with van der Waals surface area (Å²) >= 11 is 0. The Labute approximate surface area is 140 Å². The quantitative estimate of drug-likeness (QED) is 0.853.